The fourth-order valence-electron chi connectivity index (χ4n) is 7.31. The standard InChI is InChI=1S/C31H45NO10/c1-17(27(40-19(3)33)24(34)16-39-6)14-18(2)31-20(11-13-37-4)9-10-21-25(31)26(35)22(15-38-5)28(29(21)42-31)41-30(36)23-8-7-12-32-23/h7-10,12,14,17,20-22,24-29,32,34-35H,11,13,15-16H2,1-6H3. The molecule has 1 saturated carbocycles. The molecular weight excluding hydrogens is 546 g/mol. The average molecular weight is 592 g/mol. The largest absolute Gasteiger partial charge is 0.459 e. The van der Waals surface area contributed by atoms with Gasteiger partial charge in [-0.3, -0.25) is 4.79 Å². The average Bonchev–Trinajstić information content (AvgIpc) is 3.55. The van der Waals surface area contributed by atoms with Gasteiger partial charge in [-0.05, 0) is 31.1 Å². The Hall–Kier alpha value is -2.54. The van der Waals surface area contributed by atoms with Crippen LogP contribution in [0.1, 0.15) is 37.7 Å². The van der Waals surface area contributed by atoms with Gasteiger partial charge in [-0.25, -0.2) is 4.79 Å². The predicted molar refractivity (Wildman–Crippen MR) is 151 cm³/mol. The maximum absolute atomic E-state index is 13.1. The number of aromatic nitrogens is 1. The molecule has 3 N–H and O–H groups in total. The predicted octanol–water partition coefficient (Wildman–Crippen LogP) is 2.29. The molecule has 4 bridgehead atoms. The number of hydrogen-bond acceptors (Lipinski definition) is 10. The third kappa shape index (κ3) is 6.09. The van der Waals surface area contributed by atoms with Crippen LogP contribution in [0, 0.1) is 29.6 Å². The lowest BCUT2D eigenvalue weighted by molar-refractivity contribution is -0.157. The van der Waals surface area contributed by atoms with Gasteiger partial charge in [0.2, 0.25) is 0 Å². The lowest BCUT2D eigenvalue weighted by Gasteiger charge is -2.48. The molecule has 1 aromatic rings. The summed E-state index contributed by atoms with van der Waals surface area (Å²) in [6.07, 6.45) is 4.26. The number of esters is 2. The van der Waals surface area contributed by atoms with Crippen molar-refractivity contribution in [2.24, 2.45) is 29.6 Å². The number of aliphatic hydroxyl groups excluding tert-OH is 2. The molecule has 0 amide bonds. The van der Waals surface area contributed by atoms with Crippen LogP contribution in [0.3, 0.4) is 0 Å². The van der Waals surface area contributed by atoms with E-state index in [-0.39, 0.29) is 31.0 Å². The molecule has 11 nitrogen and oxygen atoms in total. The summed E-state index contributed by atoms with van der Waals surface area (Å²) < 4.78 is 34.7. The van der Waals surface area contributed by atoms with Crippen molar-refractivity contribution in [3.63, 3.8) is 0 Å². The summed E-state index contributed by atoms with van der Waals surface area (Å²) in [6, 6.07) is 3.35. The molecule has 2 heterocycles. The van der Waals surface area contributed by atoms with Crippen molar-refractivity contribution in [1.82, 2.24) is 4.98 Å². The number of methoxy groups -OCH3 is 3. The highest BCUT2D eigenvalue weighted by Crippen LogP contribution is 2.60. The minimum absolute atomic E-state index is 0.00589. The van der Waals surface area contributed by atoms with E-state index in [0.717, 1.165) is 5.57 Å². The second kappa shape index (κ2) is 13.8. The van der Waals surface area contributed by atoms with Crippen molar-refractivity contribution in [1.29, 1.82) is 0 Å². The number of nitrogens with one attached hydrogen (secondary N) is 1. The van der Waals surface area contributed by atoms with Crippen LogP contribution in [0.25, 0.3) is 0 Å². The molecule has 1 aliphatic heterocycles. The summed E-state index contributed by atoms with van der Waals surface area (Å²) in [6.45, 7) is 5.74. The number of ether oxygens (including phenoxy) is 6. The molecule has 42 heavy (non-hydrogen) atoms. The topological polar surface area (TPSA) is 146 Å². The van der Waals surface area contributed by atoms with E-state index in [2.05, 4.69) is 17.1 Å². The van der Waals surface area contributed by atoms with Crippen LogP contribution >= 0.6 is 0 Å². The number of H-pyrrole nitrogens is 1. The van der Waals surface area contributed by atoms with E-state index in [1.807, 2.05) is 19.9 Å². The number of carbonyl (C=O) groups is 2. The summed E-state index contributed by atoms with van der Waals surface area (Å²) >= 11 is 0. The van der Waals surface area contributed by atoms with Crippen molar-refractivity contribution in [2.75, 3.05) is 41.2 Å². The van der Waals surface area contributed by atoms with E-state index in [1.165, 1.54) is 14.0 Å². The molecule has 0 spiro atoms. The molecule has 2 aliphatic carbocycles. The highest BCUT2D eigenvalue weighted by Gasteiger charge is 2.69. The fourth-order valence-corrected chi connectivity index (χ4v) is 7.31. The maximum atomic E-state index is 13.1. The minimum Gasteiger partial charge on any atom is -0.459 e. The van der Waals surface area contributed by atoms with Gasteiger partial charge in [-0.1, -0.05) is 25.2 Å². The van der Waals surface area contributed by atoms with Gasteiger partial charge in [0.25, 0.3) is 0 Å². The van der Waals surface area contributed by atoms with E-state index >= 15 is 0 Å². The van der Waals surface area contributed by atoms with Gasteiger partial charge in [-0.15, -0.1) is 0 Å². The molecule has 0 aromatic carbocycles. The number of aromatic amines is 1. The van der Waals surface area contributed by atoms with Crippen molar-refractivity contribution < 1.29 is 48.2 Å². The number of aliphatic hydroxyl groups is 2. The van der Waals surface area contributed by atoms with Crippen LogP contribution in [0.4, 0.5) is 0 Å². The van der Waals surface area contributed by atoms with Gasteiger partial charge >= 0.3 is 11.9 Å². The fraction of sp³-hybridized carbons (Fsp3) is 0.677. The van der Waals surface area contributed by atoms with Crippen LogP contribution in [0.15, 0.2) is 42.1 Å². The van der Waals surface area contributed by atoms with Crippen LogP contribution in [-0.2, 0) is 33.2 Å². The van der Waals surface area contributed by atoms with Gasteiger partial charge in [0.1, 0.15) is 35.7 Å². The van der Waals surface area contributed by atoms with Crippen LogP contribution in [0.2, 0.25) is 0 Å². The quantitative estimate of drug-likeness (QED) is 0.218. The van der Waals surface area contributed by atoms with Gasteiger partial charge in [0.15, 0.2) is 0 Å². The first kappa shape index (κ1) is 32.4. The molecule has 1 aromatic heterocycles. The van der Waals surface area contributed by atoms with Gasteiger partial charge in [0, 0.05) is 70.6 Å². The SMILES string of the molecule is COCCC1C=CC2C3OC1(C(C)=CC(C)C(OC(C)=O)C(O)COC)C2C(O)C(COC)C3OC(=O)c1ccc[nH]1. The summed E-state index contributed by atoms with van der Waals surface area (Å²) in [7, 11) is 4.66. The van der Waals surface area contributed by atoms with E-state index < -0.39 is 59.9 Å². The van der Waals surface area contributed by atoms with Crippen molar-refractivity contribution in [3.05, 3.63) is 47.8 Å². The maximum Gasteiger partial charge on any atom is 0.355 e. The smallest absolute Gasteiger partial charge is 0.355 e. The monoisotopic (exact) mass is 591 g/mol. The van der Waals surface area contributed by atoms with Crippen LogP contribution < -0.4 is 0 Å². The van der Waals surface area contributed by atoms with Crippen LogP contribution in [-0.4, -0.2) is 104 Å². The summed E-state index contributed by atoms with van der Waals surface area (Å²) in [5.41, 5.74) is 0.164. The van der Waals surface area contributed by atoms with Crippen LogP contribution in [0.5, 0.6) is 0 Å². The zero-order chi connectivity index (χ0) is 30.6. The molecule has 4 rings (SSSR count). The van der Waals surface area contributed by atoms with E-state index in [4.69, 9.17) is 28.4 Å². The second-order valence-electron chi connectivity index (χ2n) is 11.6. The Labute approximate surface area is 247 Å². The molecule has 0 radical (unpaired) electrons. The van der Waals surface area contributed by atoms with Gasteiger partial charge in [-0.2, -0.15) is 0 Å². The number of carbonyl (C=O) groups excluding carboxylic acids is 2. The van der Waals surface area contributed by atoms with E-state index in [1.54, 1.807) is 32.5 Å². The third-order valence-corrected chi connectivity index (χ3v) is 9.01. The van der Waals surface area contributed by atoms with Gasteiger partial charge in [0.05, 0.1) is 19.3 Å². The normalized spacial score (nSPS) is 34.1. The molecule has 1 saturated heterocycles. The zero-order valence-electron chi connectivity index (χ0n) is 25.2. The second-order valence-corrected chi connectivity index (χ2v) is 11.6. The molecule has 234 valence electrons. The summed E-state index contributed by atoms with van der Waals surface area (Å²) in [4.78, 5) is 27.9. The highest BCUT2D eigenvalue weighted by atomic mass is 16.6. The van der Waals surface area contributed by atoms with Gasteiger partial charge < -0.3 is 43.6 Å². The van der Waals surface area contributed by atoms with E-state index in [0.29, 0.717) is 18.7 Å². The van der Waals surface area contributed by atoms with Crippen molar-refractivity contribution >= 4 is 11.9 Å². The molecule has 11 atom stereocenters. The molecule has 3 aliphatic rings. The first-order valence-corrected chi connectivity index (χ1v) is 14.5. The Morgan fingerprint density at radius 3 is 2.55 bits per heavy atom. The minimum atomic E-state index is -1.05. The molecule has 11 heteroatoms. The molecule has 2 fully saturated rings. The summed E-state index contributed by atoms with van der Waals surface area (Å²) in [5.74, 6) is -2.75. The number of hydrogen-bond donors (Lipinski definition) is 3. The third-order valence-electron chi connectivity index (χ3n) is 9.01. The highest BCUT2D eigenvalue weighted by molar-refractivity contribution is 5.87. The van der Waals surface area contributed by atoms with Crippen molar-refractivity contribution in [2.45, 2.75) is 63.3 Å². The first-order valence-electron chi connectivity index (χ1n) is 14.5. The Kier molecular flexibility index (Phi) is 10.7. The Morgan fingerprint density at radius 2 is 1.93 bits per heavy atom. The lowest BCUT2D eigenvalue weighted by atomic mass is 9.57. The lowest BCUT2D eigenvalue weighted by Crippen LogP contribution is -2.58. The Bertz CT molecular complexity index is 1120. The molecular formula is C31H45NO10. The Balaban J connectivity index is 1.76. The molecule has 11 unspecified atom stereocenters. The van der Waals surface area contributed by atoms with Crippen molar-refractivity contribution in [3.8, 4) is 0 Å². The first-order chi connectivity index (χ1) is 20.1. The zero-order valence-corrected chi connectivity index (χ0v) is 25.2. The summed E-state index contributed by atoms with van der Waals surface area (Å²) in [5, 5.41) is 22.7. The number of rotatable bonds is 14. The Morgan fingerprint density at radius 1 is 1.17 bits per heavy atom. The van der Waals surface area contributed by atoms with E-state index in [9.17, 15) is 19.8 Å².